The summed E-state index contributed by atoms with van der Waals surface area (Å²) in [6.07, 6.45) is 6.17. The van der Waals surface area contributed by atoms with Crippen molar-refractivity contribution in [1.82, 2.24) is 0 Å². The van der Waals surface area contributed by atoms with Crippen molar-refractivity contribution in [3.05, 3.63) is 0 Å². The smallest absolute Gasteiger partial charge is 0.0704 e. The normalized spacial score (nSPS) is 39.2. The second kappa shape index (κ2) is 3.75. The molecule has 2 rings (SSSR count). The van der Waals surface area contributed by atoms with E-state index in [-0.39, 0.29) is 0 Å². The topological polar surface area (TPSA) is 18.5 Å². The summed E-state index contributed by atoms with van der Waals surface area (Å²) in [4.78, 5) is 0. The van der Waals surface area contributed by atoms with Crippen molar-refractivity contribution in [2.45, 2.75) is 31.8 Å². The molecule has 12 heavy (non-hydrogen) atoms. The molecule has 70 valence electrons. The molecule has 2 aliphatic rings. The van der Waals surface area contributed by atoms with E-state index in [1.54, 1.807) is 7.11 Å². The van der Waals surface area contributed by atoms with Gasteiger partial charge in [0.1, 0.15) is 0 Å². The highest BCUT2D eigenvalue weighted by molar-refractivity contribution is 4.90. The zero-order valence-electron chi connectivity index (χ0n) is 7.79. The molecule has 0 aromatic heterocycles. The zero-order valence-corrected chi connectivity index (χ0v) is 7.79. The summed E-state index contributed by atoms with van der Waals surface area (Å²) in [5, 5.41) is 0. The van der Waals surface area contributed by atoms with Crippen LogP contribution in [0.4, 0.5) is 0 Å². The molecule has 2 bridgehead atoms. The van der Waals surface area contributed by atoms with Gasteiger partial charge in [-0.25, -0.2) is 0 Å². The van der Waals surface area contributed by atoms with Crippen molar-refractivity contribution in [2.75, 3.05) is 20.3 Å². The molecule has 0 aliphatic heterocycles. The Kier molecular flexibility index (Phi) is 2.66. The first-order valence-corrected chi connectivity index (χ1v) is 5.00. The summed E-state index contributed by atoms with van der Waals surface area (Å²) in [6, 6.07) is 0. The van der Waals surface area contributed by atoms with Crippen molar-refractivity contribution in [3.63, 3.8) is 0 Å². The van der Waals surface area contributed by atoms with Gasteiger partial charge in [-0.15, -0.1) is 0 Å². The fourth-order valence-corrected chi connectivity index (χ4v) is 2.67. The highest BCUT2D eigenvalue weighted by Crippen LogP contribution is 2.45. The van der Waals surface area contributed by atoms with Gasteiger partial charge in [0.15, 0.2) is 0 Å². The lowest BCUT2D eigenvalue weighted by molar-refractivity contribution is -0.00946. The number of methoxy groups -OCH3 is 1. The monoisotopic (exact) mass is 170 g/mol. The molecule has 2 saturated carbocycles. The second-order valence-corrected chi connectivity index (χ2v) is 4.08. The molecule has 2 fully saturated rings. The lowest BCUT2D eigenvalue weighted by Gasteiger charge is -2.21. The summed E-state index contributed by atoms with van der Waals surface area (Å²) in [7, 11) is 1.73. The molecule has 3 unspecified atom stereocenters. The molecule has 2 nitrogen and oxygen atoms in total. The third kappa shape index (κ3) is 1.64. The average Bonchev–Trinajstić information content (AvgIpc) is 2.65. The van der Waals surface area contributed by atoms with Crippen LogP contribution in [0.25, 0.3) is 0 Å². The number of hydrogen-bond donors (Lipinski definition) is 0. The van der Waals surface area contributed by atoms with E-state index >= 15 is 0 Å². The summed E-state index contributed by atoms with van der Waals surface area (Å²) >= 11 is 0. The lowest BCUT2D eigenvalue weighted by Crippen LogP contribution is -2.22. The first-order chi connectivity index (χ1) is 5.90. The zero-order chi connectivity index (χ0) is 8.39. The van der Waals surface area contributed by atoms with E-state index in [1.807, 2.05) is 0 Å². The predicted octanol–water partition coefficient (Wildman–Crippen LogP) is 1.84. The Bertz CT molecular complexity index is 147. The molecular weight excluding hydrogens is 152 g/mol. The van der Waals surface area contributed by atoms with E-state index in [0.29, 0.717) is 6.10 Å². The highest BCUT2D eigenvalue weighted by Gasteiger charge is 2.39. The van der Waals surface area contributed by atoms with Gasteiger partial charge >= 0.3 is 0 Å². The molecule has 0 radical (unpaired) electrons. The van der Waals surface area contributed by atoms with Gasteiger partial charge in [-0.3, -0.25) is 0 Å². The van der Waals surface area contributed by atoms with Crippen LogP contribution in [0.5, 0.6) is 0 Å². The maximum atomic E-state index is 5.75. The van der Waals surface area contributed by atoms with Crippen LogP contribution in [-0.4, -0.2) is 26.4 Å². The van der Waals surface area contributed by atoms with Crippen molar-refractivity contribution in [2.24, 2.45) is 11.8 Å². The predicted molar refractivity (Wildman–Crippen MR) is 47.1 cm³/mol. The van der Waals surface area contributed by atoms with Crippen LogP contribution in [0.15, 0.2) is 0 Å². The highest BCUT2D eigenvalue weighted by atomic mass is 16.5. The van der Waals surface area contributed by atoms with Crippen LogP contribution in [0.3, 0.4) is 0 Å². The van der Waals surface area contributed by atoms with Gasteiger partial charge in [-0.05, 0) is 37.5 Å². The number of ether oxygens (including phenoxy) is 2. The van der Waals surface area contributed by atoms with Crippen LogP contribution < -0.4 is 0 Å². The maximum absolute atomic E-state index is 5.75. The molecule has 0 spiro atoms. The van der Waals surface area contributed by atoms with Crippen LogP contribution in [0.2, 0.25) is 0 Å². The van der Waals surface area contributed by atoms with Gasteiger partial charge in [0.25, 0.3) is 0 Å². The van der Waals surface area contributed by atoms with Gasteiger partial charge in [-0.2, -0.15) is 0 Å². The van der Waals surface area contributed by atoms with E-state index in [4.69, 9.17) is 9.47 Å². The van der Waals surface area contributed by atoms with Crippen LogP contribution >= 0.6 is 0 Å². The van der Waals surface area contributed by atoms with E-state index in [1.165, 1.54) is 25.7 Å². The Morgan fingerprint density at radius 2 is 2.08 bits per heavy atom. The summed E-state index contributed by atoms with van der Waals surface area (Å²) in [6.45, 7) is 1.53. The Hall–Kier alpha value is -0.0800. The number of hydrogen-bond acceptors (Lipinski definition) is 2. The fourth-order valence-electron chi connectivity index (χ4n) is 2.67. The van der Waals surface area contributed by atoms with E-state index in [0.717, 1.165) is 25.0 Å². The average molecular weight is 170 g/mol. The van der Waals surface area contributed by atoms with Gasteiger partial charge in [0.2, 0.25) is 0 Å². The van der Waals surface area contributed by atoms with Gasteiger partial charge in [0.05, 0.1) is 19.3 Å². The van der Waals surface area contributed by atoms with Crippen LogP contribution in [-0.2, 0) is 9.47 Å². The summed E-state index contributed by atoms with van der Waals surface area (Å²) in [5.74, 6) is 1.87. The molecule has 0 aromatic carbocycles. The molecule has 0 heterocycles. The largest absolute Gasteiger partial charge is 0.382 e. The standard InChI is InChI=1S/C10H18O2/c1-11-4-5-12-10-7-8-2-3-9(10)6-8/h8-10H,2-7H2,1H3. The Balaban J connectivity index is 1.69. The molecule has 0 saturated heterocycles. The van der Waals surface area contributed by atoms with Crippen molar-refractivity contribution >= 4 is 0 Å². The molecule has 3 atom stereocenters. The minimum Gasteiger partial charge on any atom is -0.382 e. The molecular formula is C10H18O2. The fraction of sp³-hybridized carbons (Fsp3) is 1.00. The third-order valence-corrected chi connectivity index (χ3v) is 3.29. The Morgan fingerprint density at radius 3 is 2.67 bits per heavy atom. The molecule has 0 amide bonds. The molecule has 0 N–H and O–H groups in total. The Morgan fingerprint density at radius 1 is 1.17 bits per heavy atom. The van der Waals surface area contributed by atoms with Gasteiger partial charge < -0.3 is 9.47 Å². The third-order valence-electron chi connectivity index (χ3n) is 3.29. The first-order valence-electron chi connectivity index (χ1n) is 5.00. The van der Waals surface area contributed by atoms with E-state index in [2.05, 4.69) is 0 Å². The van der Waals surface area contributed by atoms with Crippen molar-refractivity contribution in [1.29, 1.82) is 0 Å². The maximum Gasteiger partial charge on any atom is 0.0704 e. The van der Waals surface area contributed by atoms with Gasteiger partial charge in [-0.1, -0.05) is 0 Å². The van der Waals surface area contributed by atoms with Crippen molar-refractivity contribution in [3.8, 4) is 0 Å². The minimum atomic E-state index is 0.568. The second-order valence-electron chi connectivity index (χ2n) is 4.08. The SMILES string of the molecule is COCCOC1CC2CCC1C2. The first kappa shape index (κ1) is 8.52. The molecule has 0 aromatic rings. The number of fused-ring (bicyclic) bond motifs is 2. The minimum absolute atomic E-state index is 0.568. The van der Waals surface area contributed by atoms with Crippen LogP contribution in [0.1, 0.15) is 25.7 Å². The van der Waals surface area contributed by atoms with E-state index in [9.17, 15) is 0 Å². The number of rotatable bonds is 4. The van der Waals surface area contributed by atoms with Gasteiger partial charge in [0, 0.05) is 7.11 Å². The van der Waals surface area contributed by atoms with Crippen molar-refractivity contribution < 1.29 is 9.47 Å². The molecule has 2 aliphatic carbocycles. The summed E-state index contributed by atoms with van der Waals surface area (Å²) < 4.78 is 10.7. The van der Waals surface area contributed by atoms with E-state index < -0.39 is 0 Å². The quantitative estimate of drug-likeness (QED) is 0.599. The Labute approximate surface area is 74.2 Å². The summed E-state index contributed by atoms with van der Waals surface area (Å²) in [5.41, 5.74) is 0. The lowest BCUT2D eigenvalue weighted by atomic mass is 9.98. The van der Waals surface area contributed by atoms with Crippen LogP contribution in [0, 0.1) is 11.8 Å². The molecule has 2 heteroatoms.